The lowest BCUT2D eigenvalue weighted by molar-refractivity contribution is -0.140. The zero-order chi connectivity index (χ0) is 25.0. The van der Waals surface area contributed by atoms with E-state index in [0.29, 0.717) is 12.1 Å². The summed E-state index contributed by atoms with van der Waals surface area (Å²) < 4.78 is 0. The predicted molar refractivity (Wildman–Crippen MR) is 138 cm³/mol. The van der Waals surface area contributed by atoms with Gasteiger partial charge in [0.05, 0.1) is 11.6 Å². The summed E-state index contributed by atoms with van der Waals surface area (Å²) >= 11 is 0. The van der Waals surface area contributed by atoms with Gasteiger partial charge in [-0.15, -0.1) is 0 Å². The zero-order valence-corrected chi connectivity index (χ0v) is 21.3. The van der Waals surface area contributed by atoms with Gasteiger partial charge < -0.3 is 19.8 Å². The Morgan fingerprint density at radius 3 is 2.24 bits per heavy atom. The number of ketones is 1. The number of aryl methyl sites for hydroxylation is 2. The highest BCUT2D eigenvalue weighted by molar-refractivity contribution is 6.46. The number of Topliss-reactive ketones (excluding diaryl/α,β-unsaturated/α-hetero) is 1. The van der Waals surface area contributed by atoms with E-state index < -0.39 is 17.7 Å². The number of likely N-dealkylation sites (tertiary alicyclic amines) is 1. The first-order valence-electron chi connectivity index (χ1n) is 12.0. The van der Waals surface area contributed by atoms with Gasteiger partial charge in [-0.1, -0.05) is 43.7 Å². The molecular weight excluding hydrogens is 426 g/mol. The molecule has 34 heavy (non-hydrogen) atoms. The van der Waals surface area contributed by atoms with Crippen LogP contribution in [0.5, 0.6) is 0 Å². The molecule has 0 aliphatic carbocycles. The highest BCUT2D eigenvalue weighted by atomic mass is 16.3. The maximum absolute atomic E-state index is 13.3. The summed E-state index contributed by atoms with van der Waals surface area (Å²) in [7, 11) is 3.93. The topological polar surface area (TPSA) is 64.1 Å². The van der Waals surface area contributed by atoms with Crippen molar-refractivity contribution in [1.82, 2.24) is 9.80 Å². The number of benzene rings is 2. The van der Waals surface area contributed by atoms with E-state index in [9.17, 15) is 14.7 Å². The third-order valence-electron chi connectivity index (χ3n) is 6.68. The van der Waals surface area contributed by atoms with Crippen molar-refractivity contribution in [2.45, 2.75) is 40.2 Å². The summed E-state index contributed by atoms with van der Waals surface area (Å²) in [5, 5.41) is 11.4. The van der Waals surface area contributed by atoms with E-state index in [1.807, 2.05) is 75.3 Å². The van der Waals surface area contributed by atoms with Crippen LogP contribution in [0, 0.1) is 13.8 Å². The number of amides is 1. The molecule has 2 aromatic carbocycles. The van der Waals surface area contributed by atoms with Crippen molar-refractivity contribution in [2.24, 2.45) is 0 Å². The molecule has 1 aliphatic rings. The molecule has 0 saturated carbocycles. The third kappa shape index (κ3) is 5.17. The molecule has 1 amide bonds. The number of aliphatic hydroxyl groups is 1. The molecule has 0 aromatic heterocycles. The van der Waals surface area contributed by atoms with Crippen LogP contribution in [0.1, 0.15) is 48.6 Å². The normalized spacial score (nSPS) is 17.6. The van der Waals surface area contributed by atoms with Gasteiger partial charge in [0, 0.05) is 31.9 Å². The highest BCUT2D eigenvalue weighted by Gasteiger charge is 2.45. The first-order valence-corrected chi connectivity index (χ1v) is 12.0. The molecule has 0 spiro atoms. The number of nitrogens with zero attached hydrogens (tertiary/aromatic N) is 3. The van der Waals surface area contributed by atoms with Crippen molar-refractivity contribution in [2.75, 3.05) is 45.2 Å². The monoisotopic (exact) mass is 463 g/mol. The van der Waals surface area contributed by atoms with Crippen LogP contribution in [0.25, 0.3) is 5.76 Å². The van der Waals surface area contributed by atoms with E-state index in [-0.39, 0.29) is 11.3 Å². The largest absolute Gasteiger partial charge is 0.507 e. The number of carbonyl (C=O) groups is 2. The molecular formula is C28H37N3O3. The Bertz CT molecular complexity index is 1070. The Kier molecular flexibility index (Phi) is 8.15. The van der Waals surface area contributed by atoms with Crippen LogP contribution < -0.4 is 4.90 Å². The Hall–Kier alpha value is -3.12. The summed E-state index contributed by atoms with van der Waals surface area (Å²) in [4.78, 5) is 32.4. The summed E-state index contributed by atoms with van der Waals surface area (Å²) in [5.74, 6) is -1.27. The van der Waals surface area contributed by atoms with Gasteiger partial charge in [0.15, 0.2) is 0 Å². The molecule has 0 bridgehead atoms. The molecule has 0 radical (unpaired) electrons. The van der Waals surface area contributed by atoms with Crippen LogP contribution in [-0.2, 0) is 9.59 Å². The molecule has 2 aromatic rings. The summed E-state index contributed by atoms with van der Waals surface area (Å²) in [5.41, 5.74) is 4.44. The molecule has 6 nitrogen and oxygen atoms in total. The number of hydrogen-bond acceptors (Lipinski definition) is 5. The van der Waals surface area contributed by atoms with Crippen LogP contribution >= 0.6 is 0 Å². The number of hydrogen-bond donors (Lipinski definition) is 1. The van der Waals surface area contributed by atoms with Crippen LogP contribution in [0.3, 0.4) is 0 Å². The minimum atomic E-state index is -0.622. The van der Waals surface area contributed by atoms with Crippen molar-refractivity contribution in [3.8, 4) is 0 Å². The second-order valence-corrected chi connectivity index (χ2v) is 9.18. The van der Waals surface area contributed by atoms with Crippen LogP contribution in [0.4, 0.5) is 5.69 Å². The number of carbonyl (C=O) groups excluding carboxylic acids is 2. The Balaban J connectivity index is 2.08. The summed E-state index contributed by atoms with van der Waals surface area (Å²) in [6.45, 7) is 11.3. The van der Waals surface area contributed by atoms with Gasteiger partial charge in [0.1, 0.15) is 5.76 Å². The van der Waals surface area contributed by atoms with Crippen LogP contribution in [0.2, 0.25) is 0 Å². The zero-order valence-electron chi connectivity index (χ0n) is 21.3. The van der Waals surface area contributed by atoms with Crippen molar-refractivity contribution in [1.29, 1.82) is 0 Å². The van der Waals surface area contributed by atoms with E-state index in [1.54, 1.807) is 4.90 Å². The second kappa shape index (κ2) is 10.9. The fourth-order valence-corrected chi connectivity index (χ4v) is 4.55. The maximum atomic E-state index is 13.3. The van der Waals surface area contributed by atoms with E-state index >= 15 is 0 Å². The highest BCUT2D eigenvalue weighted by Crippen LogP contribution is 2.40. The van der Waals surface area contributed by atoms with E-state index in [0.717, 1.165) is 48.4 Å². The molecule has 1 aliphatic heterocycles. The van der Waals surface area contributed by atoms with Crippen molar-refractivity contribution >= 4 is 23.1 Å². The van der Waals surface area contributed by atoms with Gasteiger partial charge in [-0.25, -0.2) is 0 Å². The minimum Gasteiger partial charge on any atom is -0.507 e. The quantitative estimate of drug-likeness (QED) is 0.336. The van der Waals surface area contributed by atoms with Gasteiger partial charge >= 0.3 is 0 Å². The number of aliphatic hydroxyl groups excluding tert-OH is 1. The molecule has 1 atom stereocenters. The fourth-order valence-electron chi connectivity index (χ4n) is 4.55. The molecule has 1 saturated heterocycles. The molecule has 1 heterocycles. The third-order valence-corrected chi connectivity index (χ3v) is 6.68. The SMILES string of the molecule is CCN(CC)CCCN1C(=O)C(=O)C(=C(O)c2cc(C)ccc2C)C1c1ccc(N(C)C)cc1. The van der Waals surface area contributed by atoms with Gasteiger partial charge in [-0.05, 0) is 69.2 Å². The lowest BCUT2D eigenvalue weighted by Crippen LogP contribution is -2.33. The molecule has 182 valence electrons. The van der Waals surface area contributed by atoms with E-state index in [2.05, 4.69) is 18.7 Å². The van der Waals surface area contributed by atoms with E-state index in [4.69, 9.17) is 0 Å². The Morgan fingerprint density at radius 1 is 1.00 bits per heavy atom. The molecule has 1 N–H and O–H groups in total. The van der Waals surface area contributed by atoms with Gasteiger partial charge in [-0.2, -0.15) is 0 Å². The number of rotatable bonds is 9. The Labute approximate surface area is 203 Å². The first-order chi connectivity index (χ1) is 16.2. The van der Waals surface area contributed by atoms with Gasteiger partial charge in [0.2, 0.25) is 0 Å². The smallest absolute Gasteiger partial charge is 0.295 e. The molecule has 1 fully saturated rings. The lowest BCUT2D eigenvalue weighted by Gasteiger charge is -2.27. The van der Waals surface area contributed by atoms with Crippen LogP contribution in [-0.4, -0.2) is 66.9 Å². The summed E-state index contributed by atoms with van der Waals surface area (Å²) in [6.07, 6.45) is 0.754. The fraction of sp³-hybridized carbons (Fsp3) is 0.429. The average Bonchev–Trinajstić information content (AvgIpc) is 3.08. The maximum Gasteiger partial charge on any atom is 0.295 e. The van der Waals surface area contributed by atoms with Gasteiger partial charge in [-0.3, -0.25) is 9.59 Å². The van der Waals surface area contributed by atoms with Crippen molar-refractivity contribution in [3.05, 3.63) is 70.3 Å². The van der Waals surface area contributed by atoms with Gasteiger partial charge in [0.25, 0.3) is 11.7 Å². The minimum absolute atomic E-state index is 0.104. The standard InChI is InChI=1S/C28H37N3O3/c1-7-30(8-2)16-9-17-31-25(21-12-14-22(15-13-21)29(5)6)24(27(33)28(31)34)26(32)23-18-19(3)10-11-20(23)4/h10-15,18,25,32H,7-9,16-17H2,1-6H3. The Morgan fingerprint density at radius 2 is 1.65 bits per heavy atom. The molecule has 1 unspecified atom stereocenters. The molecule has 3 rings (SSSR count). The van der Waals surface area contributed by atoms with Crippen molar-refractivity contribution < 1.29 is 14.7 Å². The second-order valence-electron chi connectivity index (χ2n) is 9.18. The van der Waals surface area contributed by atoms with Crippen LogP contribution in [0.15, 0.2) is 48.0 Å². The first kappa shape index (κ1) is 25.5. The summed E-state index contributed by atoms with van der Waals surface area (Å²) in [6, 6.07) is 13.0. The molecule has 6 heteroatoms. The average molecular weight is 464 g/mol. The van der Waals surface area contributed by atoms with Crippen molar-refractivity contribution in [3.63, 3.8) is 0 Å². The number of anilines is 1. The predicted octanol–water partition coefficient (Wildman–Crippen LogP) is 4.52. The van der Waals surface area contributed by atoms with E-state index in [1.165, 1.54) is 0 Å². The lowest BCUT2D eigenvalue weighted by atomic mass is 9.93.